The van der Waals surface area contributed by atoms with Crippen molar-refractivity contribution in [3.05, 3.63) is 76.6 Å². The zero-order valence-corrected chi connectivity index (χ0v) is 20.5. The van der Waals surface area contributed by atoms with Gasteiger partial charge in [-0.1, -0.05) is 29.8 Å². The predicted octanol–water partition coefficient (Wildman–Crippen LogP) is 2.39. The number of anilines is 2. The Hall–Kier alpha value is -4.14. The topological polar surface area (TPSA) is 88.0 Å². The molecule has 0 saturated carbocycles. The van der Waals surface area contributed by atoms with Crippen molar-refractivity contribution in [3.63, 3.8) is 0 Å². The Morgan fingerprint density at radius 3 is 2.56 bits per heavy atom. The third kappa shape index (κ3) is 4.68. The third-order valence-corrected chi connectivity index (χ3v) is 6.60. The molecule has 1 unspecified atom stereocenters. The summed E-state index contributed by atoms with van der Waals surface area (Å²) in [5.74, 6) is 0.970. The van der Waals surface area contributed by atoms with E-state index in [0.29, 0.717) is 49.1 Å². The summed E-state index contributed by atoms with van der Waals surface area (Å²) in [6.07, 6.45) is 0.115. The van der Waals surface area contributed by atoms with Gasteiger partial charge in [0.2, 0.25) is 5.91 Å². The standard InChI is InChI=1S/C27H29N5O4/c1-19-8-10-21(11-9-19)32-25(33)13-12-24(28-32)29-14-5-15-30(17-16-29)26(34)18-31-22-6-3-4-7-23(22)36-20(2)27(31)35/h3-4,6-13,20H,5,14-18H2,1-2H3. The fourth-order valence-corrected chi connectivity index (χ4v) is 4.59. The monoisotopic (exact) mass is 487 g/mol. The van der Waals surface area contributed by atoms with Gasteiger partial charge in [-0.2, -0.15) is 4.68 Å². The van der Waals surface area contributed by atoms with E-state index in [1.807, 2.05) is 49.4 Å². The number of aryl methyl sites for hydroxylation is 1. The normalized spacial score (nSPS) is 17.9. The highest BCUT2D eigenvalue weighted by atomic mass is 16.5. The van der Waals surface area contributed by atoms with Crippen molar-refractivity contribution in [1.29, 1.82) is 0 Å². The predicted molar refractivity (Wildman–Crippen MR) is 137 cm³/mol. The van der Waals surface area contributed by atoms with Gasteiger partial charge in [0.1, 0.15) is 18.1 Å². The van der Waals surface area contributed by atoms with Crippen molar-refractivity contribution in [2.75, 3.05) is 42.5 Å². The summed E-state index contributed by atoms with van der Waals surface area (Å²) in [4.78, 5) is 43.9. The summed E-state index contributed by atoms with van der Waals surface area (Å²) < 4.78 is 7.09. The molecular formula is C27H29N5O4. The fraction of sp³-hybridized carbons (Fsp3) is 0.333. The number of nitrogens with zero attached hydrogens (tertiary/aromatic N) is 5. The van der Waals surface area contributed by atoms with Crippen LogP contribution in [0, 0.1) is 6.92 Å². The molecule has 2 aliphatic rings. The fourth-order valence-electron chi connectivity index (χ4n) is 4.59. The van der Waals surface area contributed by atoms with Crippen molar-refractivity contribution in [1.82, 2.24) is 14.7 Å². The number of fused-ring (bicyclic) bond motifs is 1. The molecule has 0 N–H and O–H groups in total. The Bertz CT molecular complexity index is 1340. The second kappa shape index (κ2) is 9.85. The van der Waals surface area contributed by atoms with E-state index in [-0.39, 0.29) is 23.9 Å². The molecule has 1 saturated heterocycles. The van der Waals surface area contributed by atoms with Crippen LogP contribution < -0.4 is 20.1 Å². The molecule has 1 aromatic heterocycles. The first-order valence-electron chi connectivity index (χ1n) is 12.2. The molecule has 0 radical (unpaired) electrons. The molecule has 9 heteroatoms. The van der Waals surface area contributed by atoms with E-state index in [2.05, 4.69) is 10.00 Å². The summed E-state index contributed by atoms with van der Waals surface area (Å²) >= 11 is 0. The van der Waals surface area contributed by atoms with Gasteiger partial charge >= 0.3 is 0 Å². The molecule has 1 fully saturated rings. The molecular weight excluding hydrogens is 458 g/mol. The van der Waals surface area contributed by atoms with Crippen molar-refractivity contribution in [3.8, 4) is 11.4 Å². The second-order valence-electron chi connectivity index (χ2n) is 9.15. The van der Waals surface area contributed by atoms with Crippen LogP contribution in [0.1, 0.15) is 18.9 Å². The van der Waals surface area contributed by atoms with Gasteiger partial charge < -0.3 is 14.5 Å². The van der Waals surface area contributed by atoms with Crippen LogP contribution in [-0.2, 0) is 9.59 Å². The summed E-state index contributed by atoms with van der Waals surface area (Å²) in [7, 11) is 0. The van der Waals surface area contributed by atoms with Crippen molar-refractivity contribution in [2.45, 2.75) is 26.4 Å². The van der Waals surface area contributed by atoms with Crippen LogP contribution >= 0.6 is 0 Å². The number of para-hydroxylation sites is 2. The molecule has 0 aliphatic carbocycles. The number of amides is 2. The maximum atomic E-state index is 13.2. The molecule has 2 aliphatic heterocycles. The minimum absolute atomic E-state index is 0.0277. The van der Waals surface area contributed by atoms with Gasteiger partial charge in [-0.15, -0.1) is 5.10 Å². The van der Waals surface area contributed by atoms with Gasteiger partial charge in [-0.25, -0.2) is 0 Å². The molecule has 2 amide bonds. The number of rotatable bonds is 4. The highest BCUT2D eigenvalue weighted by Gasteiger charge is 2.33. The van der Waals surface area contributed by atoms with Crippen molar-refractivity contribution < 1.29 is 14.3 Å². The third-order valence-electron chi connectivity index (χ3n) is 6.60. The minimum Gasteiger partial charge on any atom is -0.479 e. The lowest BCUT2D eigenvalue weighted by atomic mass is 10.2. The van der Waals surface area contributed by atoms with E-state index >= 15 is 0 Å². The van der Waals surface area contributed by atoms with E-state index in [4.69, 9.17) is 4.74 Å². The van der Waals surface area contributed by atoms with E-state index in [9.17, 15) is 14.4 Å². The first-order valence-corrected chi connectivity index (χ1v) is 12.2. The molecule has 186 valence electrons. The van der Waals surface area contributed by atoms with Gasteiger partial charge in [0.25, 0.3) is 11.5 Å². The Morgan fingerprint density at radius 1 is 0.972 bits per heavy atom. The maximum absolute atomic E-state index is 13.2. The van der Waals surface area contributed by atoms with E-state index in [0.717, 1.165) is 12.0 Å². The van der Waals surface area contributed by atoms with Gasteiger partial charge in [-0.3, -0.25) is 19.3 Å². The lowest BCUT2D eigenvalue weighted by molar-refractivity contribution is -0.133. The molecule has 3 heterocycles. The molecule has 3 aromatic rings. The molecule has 0 bridgehead atoms. The van der Waals surface area contributed by atoms with Crippen LogP contribution in [0.4, 0.5) is 11.5 Å². The number of benzene rings is 2. The molecule has 5 rings (SSSR count). The second-order valence-corrected chi connectivity index (χ2v) is 9.15. The number of carbonyl (C=O) groups excluding carboxylic acids is 2. The molecule has 1 atom stereocenters. The van der Waals surface area contributed by atoms with Gasteiger partial charge in [0.05, 0.1) is 11.4 Å². The highest BCUT2D eigenvalue weighted by Crippen LogP contribution is 2.33. The number of carbonyl (C=O) groups is 2. The van der Waals surface area contributed by atoms with E-state index < -0.39 is 6.10 Å². The quantitative estimate of drug-likeness (QED) is 0.562. The average molecular weight is 488 g/mol. The zero-order valence-electron chi connectivity index (χ0n) is 20.5. The van der Waals surface area contributed by atoms with Crippen molar-refractivity contribution in [2.24, 2.45) is 0 Å². The number of ether oxygens (including phenoxy) is 1. The first-order chi connectivity index (χ1) is 17.4. The van der Waals surface area contributed by atoms with Gasteiger partial charge in [0.15, 0.2) is 6.10 Å². The van der Waals surface area contributed by atoms with Crippen LogP contribution in [0.25, 0.3) is 5.69 Å². The van der Waals surface area contributed by atoms with E-state index in [1.54, 1.807) is 24.0 Å². The van der Waals surface area contributed by atoms with Crippen LogP contribution in [0.2, 0.25) is 0 Å². The lowest BCUT2D eigenvalue weighted by Gasteiger charge is -2.33. The van der Waals surface area contributed by atoms with Crippen LogP contribution in [0.15, 0.2) is 65.5 Å². The Kier molecular flexibility index (Phi) is 6.45. The Balaban J connectivity index is 1.29. The Labute approximate surface area is 209 Å². The summed E-state index contributed by atoms with van der Waals surface area (Å²) in [6.45, 7) is 6.04. The molecule has 2 aromatic carbocycles. The Morgan fingerprint density at radius 2 is 1.75 bits per heavy atom. The largest absolute Gasteiger partial charge is 0.479 e. The molecule has 9 nitrogen and oxygen atoms in total. The molecule has 0 spiro atoms. The van der Waals surface area contributed by atoms with Gasteiger partial charge in [-0.05, 0) is 50.6 Å². The maximum Gasteiger partial charge on any atom is 0.271 e. The summed E-state index contributed by atoms with van der Waals surface area (Å²) in [6, 6.07) is 18.2. The highest BCUT2D eigenvalue weighted by molar-refractivity contribution is 6.03. The van der Waals surface area contributed by atoms with E-state index in [1.165, 1.54) is 15.6 Å². The SMILES string of the molecule is Cc1ccc(-n2nc(N3CCCN(C(=O)CN4C(=O)C(C)Oc5ccccc54)CC3)ccc2=O)cc1. The summed E-state index contributed by atoms with van der Waals surface area (Å²) in [5, 5.41) is 4.60. The summed E-state index contributed by atoms with van der Waals surface area (Å²) in [5.41, 5.74) is 2.24. The van der Waals surface area contributed by atoms with Crippen LogP contribution in [0.5, 0.6) is 5.75 Å². The smallest absolute Gasteiger partial charge is 0.271 e. The number of aromatic nitrogens is 2. The van der Waals surface area contributed by atoms with Crippen molar-refractivity contribution >= 4 is 23.3 Å². The average Bonchev–Trinajstić information content (AvgIpc) is 3.14. The molecule has 36 heavy (non-hydrogen) atoms. The number of hydrogen-bond donors (Lipinski definition) is 0. The minimum atomic E-state index is -0.636. The number of hydrogen-bond acceptors (Lipinski definition) is 6. The lowest BCUT2D eigenvalue weighted by Crippen LogP contribution is -2.50. The zero-order chi connectivity index (χ0) is 25.2. The van der Waals surface area contributed by atoms with Gasteiger partial charge in [0, 0.05) is 32.2 Å². The first kappa shape index (κ1) is 23.6. The van der Waals surface area contributed by atoms with Crippen LogP contribution in [0.3, 0.4) is 0 Å². The van der Waals surface area contributed by atoms with Crippen LogP contribution in [-0.4, -0.2) is 65.3 Å².